The summed E-state index contributed by atoms with van der Waals surface area (Å²) in [5.41, 5.74) is 5.55. The summed E-state index contributed by atoms with van der Waals surface area (Å²) >= 11 is 1.63. The zero-order chi connectivity index (χ0) is 14.8. The van der Waals surface area contributed by atoms with E-state index >= 15 is 0 Å². The van der Waals surface area contributed by atoms with E-state index in [4.69, 9.17) is 5.73 Å². The molecule has 0 aliphatic heterocycles. The number of thiophene rings is 1. The molecule has 0 aliphatic rings. The van der Waals surface area contributed by atoms with E-state index < -0.39 is 10.0 Å². The van der Waals surface area contributed by atoms with Crippen LogP contribution in [0.1, 0.15) is 11.8 Å². The fraction of sp³-hybridized carbons (Fsp3) is 0.308. The lowest BCUT2D eigenvalue weighted by atomic mass is 10.2. The van der Waals surface area contributed by atoms with Crippen molar-refractivity contribution in [2.75, 3.05) is 12.8 Å². The van der Waals surface area contributed by atoms with Crippen LogP contribution in [0, 0.1) is 0 Å². The molecule has 20 heavy (non-hydrogen) atoms. The molecule has 1 unspecified atom stereocenters. The molecule has 0 aliphatic carbocycles. The van der Waals surface area contributed by atoms with Gasteiger partial charge in [-0.3, -0.25) is 0 Å². The second kappa shape index (κ2) is 5.90. The maximum atomic E-state index is 12.5. The van der Waals surface area contributed by atoms with Gasteiger partial charge in [-0.25, -0.2) is 13.4 Å². The Morgan fingerprint density at radius 1 is 1.45 bits per heavy atom. The summed E-state index contributed by atoms with van der Waals surface area (Å²) in [5.74, 6) is 0.199. The smallest absolute Gasteiger partial charge is 0.243 e. The predicted octanol–water partition coefficient (Wildman–Crippen LogP) is 1.98. The molecule has 2 N–H and O–H groups in total. The highest BCUT2D eigenvalue weighted by molar-refractivity contribution is 7.89. The second-order valence-corrected chi connectivity index (χ2v) is 7.60. The first-order valence-corrected chi connectivity index (χ1v) is 8.45. The van der Waals surface area contributed by atoms with E-state index in [1.54, 1.807) is 18.4 Å². The lowest BCUT2D eigenvalue weighted by Crippen LogP contribution is -2.36. The number of rotatable bonds is 5. The Bertz CT molecular complexity index is 669. The monoisotopic (exact) mass is 311 g/mol. The van der Waals surface area contributed by atoms with Crippen molar-refractivity contribution in [3.63, 3.8) is 0 Å². The summed E-state index contributed by atoms with van der Waals surface area (Å²) in [6.07, 6.45) is 2.09. The predicted molar refractivity (Wildman–Crippen MR) is 81.1 cm³/mol. The molecule has 0 spiro atoms. The van der Waals surface area contributed by atoms with Gasteiger partial charge in [-0.15, -0.1) is 11.3 Å². The first-order chi connectivity index (χ1) is 9.41. The molecule has 2 rings (SSSR count). The van der Waals surface area contributed by atoms with E-state index in [0.717, 1.165) is 4.88 Å². The quantitative estimate of drug-likeness (QED) is 0.916. The van der Waals surface area contributed by atoms with Gasteiger partial charge in [-0.2, -0.15) is 4.31 Å². The molecule has 2 aromatic heterocycles. The number of anilines is 1. The van der Waals surface area contributed by atoms with Gasteiger partial charge in [0, 0.05) is 30.2 Å². The molecule has 7 heteroatoms. The number of nitrogens with two attached hydrogens (primary N) is 1. The number of hydrogen-bond donors (Lipinski definition) is 1. The lowest BCUT2D eigenvalue weighted by molar-refractivity contribution is 0.388. The number of nitrogens with zero attached hydrogens (tertiary/aromatic N) is 2. The molecule has 0 radical (unpaired) electrons. The van der Waals surface area contributed by atoms with Crippen LogP contribution < -0.4 is 5.73 Å². The molecule has 1 atom stereocenters. The van der Waals surface area contributed by atoms with Gasteiger partial charge in [-0.1, -0.05) is 6.07 Å². The van der Waals surface area contributed by atoms with Crippen LogP contribution in [-0.2, 0) is 16.4 Å². The summed E-state index contributed by atoms with van der Waals surface area (Å²) in [6.45, 7) is 1.89. The molecule has 108 valence electrons. The van der Waals surface area contributed by atoms with Gasteiger partial charge in [0.1, 0.15) is 5.82 Å². The van der Waals surface area contributed by atoms with Crippen LogP contribution in [0.15, 0.2) is 40.7 Å². The maximum Gasteiger partial charge on any atom is 0.243 e. The number of likely N-dealkylation sites (N-methyl/N-ethyl adjacent to an activating group) is 1. The highest BCUT2D eigenvalue weighted by Crippen LogP contribution is 2.20. The van der Waals surface area contributed by atoms with Gasteiger partial charge in [0.05, 0.1) is 4.90 Å². The van der Waals surface area contributed by atoms with Crippen molar-refractivity contribution in [2.45, 2.75) is 24.3 Å². The Labute approximate surface area is 123 Å². The van der Waals surface area contributed by atoms with Crippen LogP contribution in [0.5, 0.6) is 0 Å². The average molecular weight is 311 g/mol. The second-order valence-electron chi connectivity index (χ2n) is 4.57. The lowest BCUT2D eigenvalue weighted by Gasteiger charge is -2.24. The van der Waals surface area contributed by atoms with Gasteiger partial charge < -0.3 is 5.73 Å². The topological polar surface area (TPSA) is 76.3 Å². The molecule has 5 nitrogen and oxygen atoms in total. The third-order valence-corrected chi connectivity index (χ3v) is 5.99. The summed E-state index contributed by atoms with van der Waals surface area (Å²) in [5, 5.41) is 1.99. The van der Waals surface area contributed by atoms with Gasteiger partial charge in [0.25, 0.3) is 0 Å². The van der Waals surface area contributed by atoms with Crippen LogP contribution in [0.25, 0.3) is 0 Å². The van der Waals surface area contributed by atoms with Crippen molar-refractivity contribution in [3.05, 3.63) is 40.7 Å². The Morgan fingerprint density at radius 3 is 2.80 bits per heavy atom. The Morgan fingerprint density at radius 2 is 2.20 bits per heavy atom. The maximum absolute atomic E-state index is 12.5. The van der Waals surface area contributed by atoms with Crippen LogP contribution in [0.4, 0.5) is 5.82 Å². The van der Waals surface area contributed by atoms with Gasteiger partial charge in [0.15, 0.2) is 0 Å². The van der Waals surface area contributed by atoms with Crippen LogP contribution in [-0.4, -0.2) is 30.8 Å². The van der Waals surface area contributed by atoms with E-state index in [0.29, 0.717) is 6.42 Å². The normalized spacial score (nSPS) is 13.6. The molecule has 2 heterocycles. The average Bonchev–Trinajstić information content (AvgIpc) is 2.90. The zero-order valence-corrected chi connectivity index (χ0v) is 13.0. The molecule has 0 amide bonds. The molecule has 0 aromatic carbocycles. The SMILES string of the molecule is CC(Cc1cccs1)N(C)S(=O)(=O)c1ccnc(N)c1. The van der Waals surface area contributed by atoms with Crippen molar-refractivity contribution in [3.8, 4) is 0 Å². The third-order valence-electron chi connectivity index (χ3n) is 3.13. The number of nitrogen functional groups attached to an aromatic ring is 1. The number of hydrogen-bond acceptors (Lipinski definition) is 5. The number of pyridine rings is 1. The molecule has 0 saturated heterocycles. The zero-order valence-electron chi connectivity index (χ0n) is 11.4. The highest BCUT2D eigenvalue weighted by atomic mass is 32.2. The Kier molecular flexibility index (Phi) is 4.42. The van der Waals surface area contributed by atoms with Crippen molar-refractivity contribution < 1.29 is 8.42 Å². The van der Waals surface area contributed by atoms with E-state index in [1.165, 1.54) is 22.6 Å². The van der Waals surface area contributed by atoms with Gasteiger partial charge >= 0.3 is 0 Å². The molecule has 0 fully saturated rings. The summed E-state index contributed by atoms with van der Waals surface area (Å²) < 4.78 is 26.4. The van der Waals surface area contributed by atoms with Crippen LogP contribution in [0.2, 0.25) is 0 Å². The third kappa shape index (κ3) is 3.17. The molecule has 2 aromatic rings. The largest absolute Gasteiger partial charge is 0.384 e. The minimum atomic E-state index is -3.55. The van der Waals surface area contributed by atoms with Crippen molar-refractivity contribution >= 4 is 27.2 Å². The van der Waals surface area contributed by atoms with Gasteiger partial charge in [0.2, 0.25) is 10.0 Å². The molecular weight excluding hydrogens is 294 g/mol. The molecule has 0 saturated carbocycles. The van der Waals surface area contributed by atoms with Crippen LogP contribution >= 0.6 is 11.3 Å². The van der Waals surface area contributed by atoms with Crippen molar-refractivity contribution in [2.24, 2.45) is 0 Å². The van der Waals surface area contributed by atoms with E-state index in [1.807, 2.05) is 24.4 Å². The van der Waals surface area contributed by atoms with Crippen molar-refractivity contribution in [1.82, 2.24) is 9.29 Å². The first kappa shape index (κ1) is 15.0. The van der Waals surface area contributed by atoms with E-state index in [-0.39, 0.29) is 16.8 Å². The fourth-order valence-electron chi connectivity index (χ4n) is 1.84. The number of sulfonamides is 1. The van der Waals surface area contributed by atoms with E-state index in [9.17, 15) is 8.42 Å². The van der Waals surface area contributed by atoms with Crippen molar-refractivity contribution in [1.29, 1.82) is 0 Å². The first-order valence-electron chi connectivity index (χ1n) is 6.13. The summed E-state index contributed by atoms with van der Waals surface area (Å²) in [7, 11) is -1.96. The Balaban J connectivity index is 2.20. The molecular formula is C13H17N3O2S2. The van der Waals surface area contributed by atoms with Gasteiger partial charge in [-0.05, 0) is 30.9 Å². The van der Waals surface area contributed by atoms with Crippen LogP contribution in [0.3, 0.4) is 0 Å². The summed E-state index contributed by atoms with van der Waals surface area (Å²) in [6, 6.07) is 6.67. The summed E-state index contributed by atoms with van der Waals surface area (Å²) in [4.78, 5) is 5.15. The Hall–Kier alpha value is -1.44. The minimum absolute atomic E-state index is 0.131. The standard InChI is InChI=1S/C13H17N3O2S2/c1-10(8-11-4-3-7-19-11)16(2)20(17,18)12-5-6-15-13(14)9-12/h3-7,9-10H,8H2,1-2H3,(H2,14,15). The minimum Gasteiger partial charge on any atom is -0.384 e. The number of aromatic nitrogens is 1. The highest BCUT2D eigenvalue weighted by Gasteiger charge is 2.25. The molecule has 0 bridgehead atoms. The van der Waals surface area contributed by atoms with E-state index in [2.05, 4.69) is 4.98 Å². The fourth-order valence-corrected chi connectivity index (χ4v) is 4.05.